The van der Waals surface area contributed by atoms with Crippen LogP contribution >= 0.6 is 0 Å². The van der Waals surface area contributed by atoms with Crippen molar-refractivity contribution in [1.29, 1.82) is 0 Å². The molecule has 2 rings (SSSR count). The first-order valence-corrected chi connectivity index (χ1v) is 5.50. The van der Waals surface area contributed by atoms with Gasteiger partial charge in [-0.3, -0.25) is 0 Å². The molecule has 0 N–H and O–H groups in total. The fourth-order valence-corrected chi connectivity index (χ4v) is 1.50. The number of ether oxygens (including phenoxy) is 2. The molecule has 0 aliphatic carbocycles. The molecule has 2 aromatic rings. The first kappa shape index (κ1) is 12.2. The van der Waals surface area contributed by atoms with Gasteiger partial charge in [0.2, 0.25) is 0 Å². The Morgan fingerprint density at radius 3 is 2.83 bits per heavy atom. The second kappa shape index (κ2) is 5.35. The Kier molecular flexibility index (Phi) is 3.62. The van der Waals surface area contributed by atoms with Crippen LogP contribution in [-0.2, 0) is 14.3 Å². The van der Waals surface area contributed by atoms with E-state index >= 15 is 0 Å². The van der Waals surface area contributed by atoms with E-state index in [4.69, 9.17) is 9.15 Å². The summed E-state index contributed by atoms with van der Waals surface area (Å²) in [6, 6.07) is 6.65. The van der Waals surface area contributed by atoms with E-state index in [-0.39, 0.29) is 13.2 Å². The normalized spacial score (nSPS) is 10.3. The molecule has 0 radical (unpaired) electrons. The maximum atomic E-state index is 11.7. The third-order valence-corrected chi connectivity index (χ3v) is 2.31. The molecule has 0 fully saturated rings. The molecular weight excluding hydrogens is 236 g/mol. The SMILES string of the molecule is CCOC(=O)COC(=O)c1ccc2occc2c1. The predicted octanol–water partition coefficient (Wildman–Crippen LogP) is 2.15. The van der Waals surface area contributed by atoms with Crippen molar-refractivity contribution in [2.24, 2.45) is 0 Å². The highest BCUT2D eigenvalue weighted by Crippen LogP contribution is 2.17. The summed E-state index contributed by atoms with van der Waals surface area (Å²) in [6.07, 6.45) is 1.54. The molecule has 0 saturated heterocycles. The molecule has 0 saturated carbocycles. The zero-order valence-corrected chi connectivity index (χ0v) is 9.84. The Bertz CT molecular complexity index is 570. The molecular formula is C13H12O5. The summed E-state index contributed by atoms with van der Waals surface area (Å²) in [4.78, 5) is 22.7. The molecule has 0 aliphatic rings. The molecule has 1 aromatic heterocycles. The lowest BCUT2D eigenvalue weighted by Gasteiger charge is -2.04. The van der Waals surface area contributed by atoms with Crippen molar-refractivity contribution in [3.63, 3.8) is 0 Å². The Labute approximate surface area is 103 Å². The van der Waals surface area contributed by atoms with E-state index in [0.29, 0.717) is 11.1 Å². The van der Waals surface area contributed by atoms with E-state index in [1.807, 2.05) is 0 Å². The Hall–Kier alpha value is -2.30. The molecule has 5 heteroatoms. The lowest BCUT2D eigenvalue weighted by molar-refractivity contribution is -0.146. The minimum absolute atomic E-state index is 0.261. The molecule has 94 valence electrons. The van der Waals surface area contributed by atoms with Crippen LogP contribution in [0.1, 0.15) is 17.3 Å². The fraction of sp³-hybridized carbons (Fsp3) is 0.231. The van der Waals surface area contributed by atoms with Gasteiger partial charge in [-0.2, -0.15) is 0 Å². The monoisotopic (exact) mass is 248 g/mol. The van der Waals surface area contributed by atoms with Crippen molar-refractivity contribution in [2.75, 3.05) is 13.2 Å². The van der Waals surface area contributed by atoms with Crippen LogP contribution in [0.5, 0.6) is 0 Å². The number of benzene rings is 1. The third kappa shape index (κ3) is 2.68. The van der Waals surface area contributed by atoms with E-state index in [1.54, 1.807) is 37.5 Å². The molecule has 0 atom stereocenters. The Morgan fingerprint density at radius 1 is 1.22 bits per heavy atom. The van der Waals surface area contributed by atoms with Gasteiger partial charge in [-0.1, -0.05) is 0 Å². The van der Waals surface area contributed by atoms with Crippen LogP contribution in [-0.4, -0.2) is 25.2 Å². The van der Waals surface area contributed by atoms with E-state index in [1.165, 1.54) is 0 Å². The van der Waals surface area contributed by atoms with Gasteiger partial charge in [-0.25, -0.2) is 9.59 Å². The number of fused-ring (bicyclic) bond motifs is 1. The Balaban J connectivity index is 2.02. The standard InChI is InChI=1S/C13H12O5/c1-2-16-12(14)8-18-13(15)10-3-4-11-9(7-10)5-6-17-11/h3-7H,2,8H2,1H3. The minimum Gasteiger partial charge on any atom is -0.464 e. The number of hydrogen-bond donors (Lipinski definition) is 0. The van der Waals surface area contributed by atoms with Crippen molar-refractivity contribution < 1.29 is 23.5 Å². The van der Waals surface area contributed by atoms with E-state index in [9.17, 15) is 9.59 Å². The van der Waals surface area contributed by atoms with Gasteiger partial charge < -0.3 is 13.9 Å². The summed E-state index contributed by atoms with van der Waals surface area (Å²) in [5, 5.41) is 0.806. The van der Waals surface area contributed by atoms with Crippen LogP contribution < -0.4 is 0 Å². The number of furan rings is 1. The van der Waals surface area contributed by atoms with Crippen LogP contribution in [0.15, 0.2) is 34.9 Å². The number of hydrogen-bond acceptors (Lipinski definition) is 5. The molecule has 1 heterocycles. The van der Waals surface area contributed by atoms with Crippen LogP contribution in [0, 0.1) is 0 Å². The number of carbonyl (C=O) groups is 2. The summed E-state index contributed by atoms with van der Waals surface area (Å²) < 4.78 is 14.6. The molecule has 18 heavy (non-hydrogen) atoms. The quantitative estimate of drug-likeness (QED) is 0.775. The molecule has 1 aromatic carbocycles. The van der Waals surface area contributed by atoms with Crippen LogP contribution in [0.25, 0.3) is 11.0 Å². The molecule has 0 unspecified atom stereocenters. The summed E-state index contributed by atoms with van der Waals surface area (Å²) in [7, 11) is 0. The average molecular weight is 248 g/mol. The predicted molar refractivity (Wildman–Crippen MR) is 63.1 cm³/mol. The molecule has 5 nitrogen and oxygen atoms in total. The zero-order valence-electron chi connectivity index (χ0n) is 9.84. The van der Waals surface area contributed by atoms with Crippen molar-refractivity contribution in [1.82, 2.24) is 0 Å². The van der Waals surface area contributed by atoms with Crippen LogP contribution in [0.3, 0.4) is 0 Å². The smallest absolute Gasteiger partial charge is 0.344 e. The van der Waals surface area contributed by atoms with Crippen molar-refractivity contribution >= 4 is 22.9 Å². The maximum absolute atomic E-state index is 11.7. The minimum atomic E-state index is -0.564. The highest BCUT2D eigenvalue weighted by molar-refractivity contribution is 5.94. The van der Waals surface area contributed by atoms with E-state index in [2.05, 4.69) is 4.74 Å². The molecule has 0 bridgehead atoms. The highest BCUT2D eigenvalue weighted by atomic mass is 16.6. The number of rotatable bonds is 4. The van der Waals surface area contributed by atoms with Crippen molar-refractivity contribution in [3.8, 4) is 0 Å². The summed E-state index contributed by atoms with van der Waals surface area (Å²) in [6.45, 7) is 1.57. The topological polar surface area (TPSA) is 65.7 Å². The largest absolute Gasteiger partial charge is 0.464 e. The van der Waals surface area contributed by atoms with Crippen molar-refractivity contribution in [2.45, 2.75) is 6.92 Å². The Morgan fingerprint density at radius 2 is 2.06 bits per heavy atom. The van der Waals surface area contributed by atoms with Gasteiger partial charge in [0.05, 0.1) is 18.4 Å². The number of esters is 2. The van der Waals surface area contributed by atoms with Gasteiger partial charge in [0, 0.05) is 5.39 Å². The highest BCUT2D eigenvalue weighted by Gasteiger charge is 2.11. The lowest BCUT2D eigenvalue weighted by atomic mass is 10.2. The summed E-state index contributed by atoms with van der Waals surface area (Å²) in [5.74, 6) is -1.12. The van der Waals surface area contributed by atoms with E-state index in [0.717, 1.165) is 5.39 Å². The third-order valence-electron chi connectivity index (χ3n) is 2.31. The van der Waals surface area contributed by atoms with Gasteiger partial charge in [-0.05, 0) is 31.2 Å². The van der Waals surface area contributed by atoms with Crippen LogP contribution in [0.4, 0.5) is 0 Å². The second-order valence-electron chi connectivity index (χ2n) is 3.55. The summed E-state index contributed by atoms with van der Waals surface area (Å²) in [5.41, 5.74) is 1.06. The average Bonchev–Trinajstić information content (AvgIpc) is 2.83. The van der Waals surface area contributed by atoms with Gasteiger partial charge in [0.25, 0.3) is 0 Å². The molecule has 0 spiro atoms. The van der Waals surface area contributed by atoms with Crippen LogP contribution in [0.2, 0.25) is 0 Å². The maximum Gasteiger partial charge on any atom is 0.344 e. The van der Waals surface area contributed by atoms with Crippen molar-refractivity contribution in [3.05, 3.63) is 36.1 Å². The zero-order chi connectivity index (χ0) is 13.0. The lowest BCUT2D eigenvalue weighted by Crippen LogP contribution is -2.16. The van der Waals surface area contributed by atoms with Gasteiger partial charge in [0.15, 0.2) is 6.61 Å². The summed E-state index contributed by atoms with van der Waals surface area (Å²) >= 11 is 0. The fourth-order valence-electron chi connectivity index (χ4n) is 1.50. The van der Waals surface area contributed by atoms with E-state index < -0.39 is 11.9 Å². The first-order chi connectivity index (χ1) is 8.70. The first-order valence-electron chi connectivity index (χ1n) is 5.50. The molecule has 0 aliphatic heterocycles. The van der Waals surface area contributed by atoms with Gasteiger partial charge in [-0.15, -0.1) is 0 Å². The van der Waals surface area contributed by atoms with Gasteiger partial charge in [0.1, 0.15) is 5.58 Å². The second-order valence-corrected chi connectivity index (χ2v) is 3.55. The molecule has 0 amide bonds. The number of carbonyl (C=O) groups excluding carboxylic acids is 2. The van der Waals surface area contributed by atoms with Gasteiger partial charge >= 0.3 is 11.9 Å².